The molecule has 64 valence electrons. The van der Waals surface area contributed by atoms with Crippen LogP contribution in [0.1, 0.15) is 5.56 Å². The van der Waals surface area contributed by atoms with Crippen LogP contribution >= 0.6 is 11.9 Å². The average Bonchev–Trinajstić information content (AvgIpc) is 2.15. The molecule has 1 aromatic rings. The van der Waals surface area contributed by atoms with E-state index in [1.807, 2.05) is 19.2 Å². The molecule has 1 rings (SSSR count). The Morgan fingerprint density at radius 2 is 2.42 bits per heavy atom. The van der Waals surface area contributed by atoms with Crippen LogP contribution in [0.5, 0.6) is 0 Å². The zero-order valence-electron chi connectivity index (χ0n) is 6.78. The van der Waals surface area contributed by atoms with Crippen molar-refractivity contribution in [2.24, 2.45) is 5.18 Å². The fraction of sp³-hybridized carbons (Fsp3) is 0.250. The molecule has 0 amide bonds. The van der Waals surface area contributed by atoms with Crippen LogP contribution in [-0.4, -0.2) is 7.05 Å². The second-order valence-corrected chi connectivity index (χ2v) is 3.24. The summed E-state index contributed by atoms with van der Waals surface area (Å²) in [6.07, 6.45) is 0. The lowest BCUT2D eigenvalue weighted by atomic mass is 10.2. The van der Waals surface area contributed by atoms with Crippen LogP contribution < -0.4 is 4.72 Å². The van der Waals surface area contributed by atoms with Crippen LogP contribution in [0.15, 0.2) is 29.4 Å². The third-order valence-electron chi connectivity index (χ3n) is 1.40. The van der Waals surface area contributed by atoms with Crippen LogP contribution in [-0.2, 0) is 5.75 Å². The van der Waals surface area contributed by atoms with E-state index in [2.05, 4.69) is 9.90 Å². The Balaban J connectivity index is 2.66. The zero-order valence-corrected chi connectivity index (χ0v) is 7.60. The van der Waals surface area contributed by atoms with Gasteiger partial charge in [-0.15, -0.1) is 4.91 Å². The van der Waals surface area contributed by atoms with E-state index in [1.165, 1.54) is 0 Å². The molecular formula is C8H10N2OS. The second-order valence-electron chi connectivity index (χ2n) is 2.25. The van der Waals surface area contributed by atoms with E-state index >= 15 is 0 Å². The summed E-state index contributed by atoms with van der Waals surface area (Å²) in [5, 5.41) is 2.86. The fourth-order valence-electron chi connectivity index (χ4n) is 0.859. The van der Waals surface area contributed by atoms with Gasteiger partial charge in [-0.1, -0.05) is 24.1 Å². The first kappa shape index (κ1) is 9.22. The maximum Gasteiger partial charge on any atom is 0.108 e. The van der Waals surface area contributed by atoms with Gasteiger partial charge in [0.25, 0.3) is 0 Å². The molecule has 0 unspecified atom stereocenters. The van der Waals surface area contributed by atoms with Crippen molar-refractivity contribution in [2.75, 3.05) is 7.05 Å². The molecule has 1 aromatic carbocycles. The summed E-state index contributed by atoms with van der Waals surface area (Å²) >= 11 is 1.59. The average molecular weight is 182 g/mol. The number of hydrogen-bond donors (Lipinski definition) is 1. The Hall–Kier alpha value is -0.870. The molecule has 0 bridgehead atoms. The van der Waals surface area contributed by atoms with Gasteiger partial charge >= 0.3 is 0 Å². The van der Waals surface area contributed by atoms with E-state index < -0.39 is 0 Å². The summed E-state index contributed by atoms with van der Waals surface area (Å²) in [5.41, 5.74) is 1.59. The minimum Gasteiger partial charge on any atom is -0.267 e. The van der Waals surface area contributed by atoms with E-state index in [0.717, 1.165) is 11.3 Å². The Morgan fingerprint density at radius 3 is 3.08 bits per heavy atom. The SMILES string of the molecule is CNSCc1cccc(N=O)c1. The van der Waals surface area contributed by atoms with E-state index in [1.54, 1.807) is 24.1 Å². The van der Waals surface area contributed by atoms with Crippen molar-refractivity contribution in [3.63, 3.8) is 0 Å². The normalized spacial score (nSPS) is 9.75. The molecule has 12 heavy (non-hydrogen) atoms. The number of rotatable bonds is 4. The third kappa shape index (κ3) is 2.64. The minimum atomic E-state index is 0.490. The molecule has 0 heterocycles. The lowest BCUT2D eigenvalue weighted by molar-refractivity contribution is 1.27. The molecule has 0 aliphatic carbocycles. The van der Waals surface area contributed by atoms with Crippen molar-refractivity contribution in [1.29, 1.82) is 0 Å². The highest BCUT2D eigenvalue weighted by Crippen LogP contribution is 2.16. The van der Waals surface area contributed by atoms with Gasteiger partial charge in [-0.25, -0.2) is 0 Å². The summed E-state index contributed by atoms with van der Waals surface area (Å²) in [5.74, 6) is 0.847. The maximum atomic E-state index is 10.2. The number of hydrogen-bond acceptors (Lipinski definition) is 4. The Morgan fingerprint density at radius 1 is 1.58 bits per heavy atom. The lowest BCUT2D eigenvalue weighted by Crippen LogP contribution is -1.92. The van der Waals surface area contributed by atoms with Gasteiger partial charge in [-0.3, -0.25) is 4.72 Å². The predicted molar refractivity (Wildman–Crippen MR) is 52.3 cm³/mol. The van der Waals surface area contributed by atoms with E-state index in [-0.39, 0.29) is 0 Å². The Bertz CT molecular complexity index is 265. The molecular weight excluding hydrogens is 172 g/mol. The van der Waals surface area contributed by atoms with Crippen LogP contribution in [0, 0.1) is 4.91 Å². The third-order valence-corrected chi connectivity index (χ3v) is 2.17. The van der Waals surface area contributed by atoms with Crippen molar-refractivity contribution in [3.8, 4) is 0 Å². The van der Waals surface area contributed by atoms with Gasteiger partial charge in [0.1, 0.15) is 5.69 Å². The summed E-state index contributed by atoms with van der Waals surface area (Å²) in [6, 6.07) is 7.29. The molecule has 0 aliphatic heterocycles. The van der Waals surface area contributed by atoms with Gasteiger partial charge in [0.2, 0.25) is 0 Å². The molecule has 0 radical (unpaired) electrons. The highest BCUT2D eigenvalue weighted by molar-refractivity contribution is 7.96. The second kappa shape index (κ2) is 4.90. The van der Waals surface area contributed by atoms with Gasteiger partial charge in [0, 0.05) is 5.75 Å². The molecule has 0 aliphatic rings. The quantitative estimate of drug-likeness (QED) is 0.574. The smallest absolute Gasteiger partial charge is 0.108 e. The topological polar surface area (TPSA) is 41.5 Å². The van der Waals surface area contributed by atoms with E-state index in [4.69, 9.17) is 0 Å². The Kier molecular flexibility index (Phi) is 3.76. The zero-order chi connectivity index (χ0) is 8.81. The van der Waals surface area contributed by atoms with Gasteiger partial charge in [-0.2, -0.15) is 0 Å². The van der Waals surface area contributed by atoms with Gasteiger partial charge in [0.15, 0.2) is 0 Å². The summed E-state index contributed by atoms with van der Waals surface area (Å²) in [7, 11) is 1.87. The first-order chi connectivity index (χ1) is 5.86. The summed E-state index contributed by atoms with van der Waals surface area (Å²) in [4.78, 5) is 10.2. The van der Waals surface area contributed by atoms with Crippen LogP contribution in [0.3, 0.4) is 0 Å². The van der Waals surface area contributed by atoms with Crippen LogP contribution in [0.2, 0.25) is 0 Å². The highest BCUT2D eigenvalue weighted by Gasteiger charge is 1.94. The number of nitroso groups, excluding NO2 is 1. The molecule has 1 N–H and O–H groups in total. The van der Waals surface area contributed by atoms with Crippen molar-refractivity contribution in [3.05, 3.63) is 34.7 Å². The molecule has 0 saturated heterocycles. The molecule has 0 spiro atoms. The highest BCUT2D eigenvalue weighted by atomic mass is 32.2. The first-order valence-electron chi connectivity index (χ1n) is 3.57. The molecule has 0 fully saturated rings. The fourth-order valence-corrected chi connectivity index (χ4v) is 1.35. The Labute approximate surface area is 75.7 Å². The molecule has 0 atom stereocenters. The number of nitrogens with zero attached hydrogens (tertiary/aromatic N) is 1. The van der Waals surface area contributed by atoms with Crippen LogP contribution in [0.4, 0.5) is 5.69 Å². The molecule has 0 saturated carbocycles. The predicted octanol–water partition coefficient (Wildman–Crippen LogP) is 2.45. The first-order valence-corrected chi connectivity index (χ1v) is 4.56. The number of benzene rings is 1. The van der Waals surface area contributed by atoms with E-state index in [0.29, 0.717) is 5.69 Å². The van der Waals surface area contributed by atoms with Crippen molar-refractivity contribution >= 4 is 17.6 Å². The monoisotopic (exact) mass is 182 g/mol. The van der Waals surface area contributed by atoms with Crippen molar-refractivity contribution in [1.82, 2.24) is 4.72 Å². The van der Waals surface area contributed by atoms with Gasteiger partial charge in [-0.05, 0) is 29.9 Å². The standard InChI is InChI=1S/C8H10N2OS/c1-9-12-6-7-3-2-4-8(5-7)10-11/h2-5,9H,6H2,1H3. The van der Waals surface area contributed by atoms with Gasteiger partial charge in [0.05, 0.1) is 0 Å². The lowest BCUT2D eigenvalue weighted by Gasteiger charge is -1.99. The molecule has 4 heteroatoms. The van der Waals surface area contributed by atoms with Crippen molar-refractivity contribution < 1.29 is 0 Å². The number of nitrogens with one attached hydrogen (secondary N) is 1. The molecule has 0 aromatic heterocycles. The largest absolute Gasteiger partial charge is 0.267 e. The minimum absolute atomic E-state index is 0.490. The van der Waals surface area contributed by atoms with Gasteiger partial charge < -0.3 is 0 Å². The maximum absolute atomic E-state index is 10.2. The van der Waals surface area contributed by atoms with Crippen molar-refractivity contribution in [2.45, 2.75) is 5.75 Å². The van der Waals surface area contributed by atoms with Crippen LogP contribution in [0.25, 0.3) is 0 Å². The summed E-state index contributed by atoms with van der Waals surface area (Å²) in [6.45, 7) is 0. The molecule has 3 nitrogen and oxygen atoms in total. The van der Waals surface area contributed by atoms with E-state index in [9.17, 15) is 4.91 Å². The summed E-state index contributed by atoms with van der Waals surface area (Å²) < 4.78 is 2.96.